The third-order valence-electron chi connectivity index (χ3n) is 3.86. The Hall–Kier alpha value is -1.84. The average Bonchev–Trinajstić information content (AvgIpc) is 2.35. The fourth-order valence-electron chi connectivity index (χ4n) is 3.02. The molecule has 2 amide bonds. The summed E-state index contributed by atoms with van der Waals surface area (Å²) in [4.78, 5) is 10.9. The lowest BCUT2D eigenvalue weighted by molar-refractivity contribution is 0.249. The first-order chi connectivity index (χ1) is 9.40. The molecule has 4 nitrogen and oxygen atoms in total. The van der Waals surface area contributed by atoms with Gasteiger partial charge in [0.25, 0.3) is 0 Å². The number of nitrogens with one attached hydrogen (secondary N) is 1. The molecule has 0 heterocycles. The lowest BCUT2D eigenvalue weighted by Gasteiger charge is -2.28. The van der Waals surface area contributed by atoms with Gasteiger partial charge in [-0.15, -0.1) is 0 Å². The first-order valence-corrected chi connectivity index (χ1v) is 7.15. The van der Waals surface area contributed by atoms with Gasteiger partial charge in [-0.3, -0.25) is 0 Å². The van der Waals surface area contributed by atoms with Gasteiger partial charge in [0.05, 0.1) is 5.71 Å². The minimum Gasteiger partial charge on any atom is -0.350 e. The van der Waals surface area contributed by atoms with Crippen LogP contribution in [0.4, 0.5) is 4.79 Å². The van der Waals surface area contributed by atoms with E-state index in [-0.39, 0.29) is 0 Å². The minimum absolute atomic E-state index is 0.486. The van der Waals surface area contributed by atoms with Crippen molar-refractivity contribution in [1.29, 1.82) is 0 Å². The van der Waals surface area contributed by atoms with Crippen LogP contribution in [-0.2, 0) is 6.42 Å². The number of aryl methyl sites for hydroxylation is 1. The summed E-state index contributed by atoms with van der Waals surface area (Å²) in [7, 11) is 0. The molecule has 2 rings (SSSR count). The van der Waals surface area contributed by atoms with Crippen LogP contribution in [0, 0.1) is 12.8 Å². The highest BCUT2D eigenvalue weighted by atomic mass is 16.2. The van der Waals surface area contributed by atoms with Gasteiger partial charge in [0, 0.05) is 5.56 Å². The van der Waals surface area contributed by atoms with Crippen molar-refractivity contribution in [3.05, 3.63) is 34.4 Å². The Balaban J connectivity index is 2.56. The maximum atomic E-state index is 10.9. The molecule has 4 heteroatoms. The highest BCUT2D eigenvalue weighted by molar-refractivity contribution is 6.04. The largest absolute Gasteiger partial charge is 0.350 e. The van der Waals surface area contributed by atoms with Crippen LogP contribution < -0.4 is 11.2 Å². The summed E-state index contributed by atoms with van der Waals surface area (Å²) >= 11 is 0. The zero-order valence-electron chi connectivity index (χ0n) is 12.7. The van der Waals surface area contributed by atoms with E-state index >= 15 is 0 Å². The van der Waals surface area contributed by atoms with Crippen LogP contribution >= 0.6 is 0 Å². The number of amides is 2. The SMILES string of the molecule is Cc1ccc(C(C)C)c2c1/C(=N\NC(N)=O)CC(C)C2. The smallest absolute Gasteiger partial charge is 0.332 e. The van der Waals surface area contributed by atoms with Crippen LogP contribution in [0.25, 0.3) is 0 Å². The van der Waals surface area contributed by atoms with Gasteiger partial charge in [0.1, 0.15) is 0 Å². The predicted octanol–water partition coefficient (Wildman–Crippen LogP) is 3.07. The van der Waals surface area contributed by atoms with Gasteiger partial charge in [-0.1, -0.05) is 32.9 Å². The van der Waals surface area contributed by atoms with Crippen molar-refractivity contribution in [2.45, 2.75) is 46.5 Å². The fourth-order valence-corrected chi connectivity index (χ4v) is 3.02. The lowest BCUT2D eigenvalue weighted by Crippen LogP contribution is -2.29. The molecule has 1 atom stereocenters. The van der Waals surface area contributed by atoms with E-state index in [1.165, 1.54) is 22.3 Å². The Morgan fingerprint density at radius 3 is 2.70 bits per heavy atom. The molecular formula is C16H23N3O. The molecular weight excluding hydrogens is 250 g/mol. The Labute approximate surface area is 120 Å². The lowest BCUT2D eigenvalue weighted by atomic mass is 9.77. The van der Waals surface area contributed by atoms with Gasteiger partial charge < -0.3 is 5.73 Å². The zero-order chi connectivity index (χ0) is 14.9. The number of carbonyl (C=O) groups excluding carboxylic acids is 1. The highest BCUT2D eigenvalue weighted by Gasteiger charge is 2.25. The van der Waals surface area contributed by atoms with Crippen molar-refractivity contribution in [1.82, 2.24) is 5.43 Å². The van der Waals surface area contributed by atoms with Crippen molar-refractivity contribution < 1.29 is 4.79 Å². The fraction of sp³-hybridized carbons (Fsp3) is 0.500. The van der Waals surface area contributed by atoms with Crippen LogP contribution in [0.2, 0.25) is 0 Å². The van der Waals surface area contributed by atoms with Gasteiger partial charge in [-0.05, 0) is 48.3 Å². The summed E-state index contributed by atoms with van der Waals surface area (Å²) in [5, 5.41) is 4.23. The summed E-state index contributed by atoms with van der Waals surface area (Å²) in [6.07, 6.45) is 1.94. The number of nitrogens with zero attached hydrogens (tertiary/aromatic N) is 1. The Morgan fingerprint density at radius 2 is 2.10 bits per heavy atom. The molecule has 1 aromatic rings. The second-order valence-electron chi connectivity index (χ2n) is 6.03. The van der Waals surface area contributed by atoms with Gasteiger partial charge in [-0.2, -0.15) is 5.10 Å². The maximum Gasteiger partial charge on any atom is 0.332 e. The second-order valence-corrected chi connectivity index (χ2v) is 6.03. The third-order valence-corrected chi connectivity index (χ3v) is 3.86. The number of fused-ring (bicyclic) bond motifs is 1. The molecule has 0 aliphatic heterocycles. The van der Waals surface area contributed by atoms with E-state index in [0.717, 1.165) is 18.6 Å². The second kappa shape index (κ2) is 5.65. The molecule has 1 aromatic carbocycles. The van der Waals surface area contributed by atoms with E-state index in [1.807, 2.05) is 0 Å². The first-order valence-electron chi connectivity index (χ1n) is 7.15. The van der Waals surface area contributed by atoms with Crippen LogP contribution in [-0.4, -0.2) is 11.7 Å². The van der Waals surface area contributed by atoms with Crippen molar-refractivity contribution >= 4 is 11.7 Å². The van der Waals surface area contributed by atoms with Crippen LogP contribution in [0.3, 0.4) is 0 Å². The van der Waals surface area contributed by atoms with Gasteiger partial charge in [-0.25, -0.2) is 10.2 Å². The summed E-state index contributed by atoms with van der Waals surface area (Å²) in [5.41, 5.74) is 13.6. The molecule has 20 heavy (non-hydrogen) atoms. The minimum atomic E-state index is -0.616. The van der Waals surface area contributed by atoms with Crippen molar-refractivity contribution in [2.75, 3.05) is 0 Å². The monoisotopic (exact) mass is 273 g/mol. The van der Waals surface area contributed by atoms with Crippen LogP contribution in [0.15, 0.2) is 17.2 Å². The van der Waals surface area contributed by atoms with Crippen molar-refractivity contribution in [2.24, 2.45) is 16.8 Å². The molecule has 0 spiro atoms. The molecule has 0 aromatic heterocycles. The molecule has 108 valence electrons. The van der Waals surface area contributed by atoms with Crippen LogP contribution in [0.1, 0.15) is 55.4 Å². The maximum absolute atomic E-state index is 10.9. The number of carbonyl (C=O) groups is 1. The van der Waals surface area contributed by atoms with E-state index in [2.05, 4.69) is 50.4 Å². The van der Waals surface area contributed by atoms with E-state index < -0.39 is 6.03 Å². The number of hydrogen-bond donors (Lipinski definition) is 2. The van der Waals surface area contributed by atoms with Crippen molar-refractivity contribution in [3.8, 4) is 0 Å². The first kappa shape index (κ1) is 14.6. The normalized spacial score (nSPS) is 20.1. The number of urea groups is 1. The molecule has 3 N–H and O–H groups in total. The summed E-state index contributed by atoms with van der Waals surface area (Å²) in [5.74, 6) is 1.01. The molecule has 0 radical (unpaired) electrons. The zero-order valence-corrected chi connectivity index (χ0v) is 12.7. The number of primary amides is 1. The highest BCUT2D eigenvalue weighted by Crippen LogP contribution is 2.33. The molecule has 1 aliphatic carbocycles. The van der Waals surface area contributed by atoms with Crippen LogP contribution in [0.5, 0.6) is 0 Å². The predicted molar refractivity (Wildman–Crippen MR) is 82.0 cm³/mol. The molecule has 1 unspecified atom stereocenters. The number of nitrogens with two attached hydrogens (primary N) is 1. The van der Waals surface area contributed by atoms with E-state index in [1.54, 1.807) is 0 Å². The number of rotatable bonds is 2. The number of hydrazone groups is 1. The topological polar surface area (TPSA) is 67.5 Å². The van der Waals surface area contributed by atoms with Gasteiger partial charge >= 0.3 is 6.03 Å². The summed E-state index contributed by atoms with van der Waals surface area (Å²) in [6.45, 7) is 8.74. The van der Waals surface area contributed by atoms with E-state index in [0.29, 0.717) is 11.8 Å². The Bertz CT molecular complexity index is 561. The molecule has 1 aliphatic rings. The summed E-state index contributed by atoms with van der Waals surface area (Å²) in [6, 6.07) is 3.75. The third kappa shape index (κ3) is 2.84. The van der Waals surface area contributed by atoms with E-state index in [9.17, 15) is 4.79 Å². The Kier molecular flexibility index (Phi) is 4.12. The number of hydrogen-bond acceptors (Lipinski definition) is 2. The van der Waals surface area contributed by atoms with E-state index in [4.69, 9.17) is 5.73 Å². The number of benzene rings is 1. The van der Waals surface area contributed by atoms with Crippen molar-refractivity contribution in [3.63, 3.8) is 0 Å². The molecule has 0 saturated heterocycles. The van der Waals surface area contributed by atoms with Gasteiger partial charge in [0.2, 0.25) is 0 Å². The standard InChI is InChI=1S/C16H23N3O/c1-9(2)12-6-5-11(4)15-13(12)7-10(3)8-14(15)18-19-16(17)20/h5-6,9-10H,7-8H2,1-4H3,(H3,17,19,20)/b18-14-. The average molecular weight is 273 g/mol. The molecule has 0 fully saturated rings. The quantitative estimate of drug-likeness (QED) is 0.799. The molecule has 0 bridgehead atoms. The molecule has 0 saturated carbocycles. The van der Waals surface area contributed by atoms with Gasteiger partial charge in [0.15, 0.2) is 0 Å². The Morgan fingerprint density at radius 1 is 1.40 bits per heavy atom. The summed E-state index contributed by atoms with van der Waals surface area (Å²) < 4.78 is 0.